The van der Waals surface area contributed by atoms with E-state index in [1.165, 1.54) is 0 Å². The highest BCUT2D eigenvalue weighted by molar-refractivity contribution is 6.01. The summed E-state index contributed by atoms with van der Waals surface area (Å²) in [5.41, 5.74) is 3.51. The first-order valence-electron chi connectivity index (χ1n) is 11.2. The lowest BCUT2D eigenvalue weighted by Gasteiger charge is -2.36. The molecule has 0 aliphatic carbocycles. The van der Waals surface area contributed by atoms with Crippen LogP contribution in [0.15, 0.2) is 48.7 Å². The largest absolute Gasteiger partial charge is 0.495 e. The highest BCUT2D eigenvalue weighted by atomic mass is 16.5. The predicted octanol–water partition coefficient (Wildman–Crippen LogP) is 2.65. The fourth-order valence-corrected chi connectivity index (χ4v) is 4.63. The molecular weight excluding hydrogens is 418 g/mol. The fraction of sp³-hybridized carbons (Fsp3) is 0.360. The smallest absolute Gasteiger partial charge is 0.228 e. The van der Waals surface area contributed by atoms with Gasteiger partial charge in [-0.2, -0.15) is 0 Å². The molecule has 2 aliphatic heterocycles. The predicted molar refractivity (Wildman–Crippen MR) is 127 cm³/mol. The number of hydrogen-bond donors (Lipinski definition) is 0. The van der Waals surface area contributed by atoms with Crippen LogP contribution in [0.2, 0.25) is 0 Å². The van der Waals surface area contributed by atoms with Gasteiger partial charge in [0.05, 0.1) is 35.9 Å². The molecule has 2 aliphatic rings. The normalized spacial score (nSPS) is 18.8. The summed E-state index contributed by atoms with van der Waals surface area (Å²) in [6.45, 7) is 4.95. The van der Waals surface area contributed by atoms with Gasteiger partial charge in [-0.05, 0) is 36.8 Å². The Morgan fingerprint density at radius 1 is 1.06 bits per heavy atom. The number of ether oxygens (including phenoxy) is 1. The molecule has 1 atom stereocenters. The first-order chi connectivity index (χ1) is 16.0. The Morgan fingerprint density at radius 3 is 2.58 bits per heavy atom. The van der Waals surface area contributed by atoms with Crippen LogP contribution >= 0.6 is 0 Å². The second-order valence-corrected chi connectivity index (χ2v) is 8.61. The number of rotatable bonds is 4. The number of carbonyl (C=O) groups is 2. The van der Waals surface area contributed by atoms with Gasteiger partial charge in [0.25, 0.3) is 0 Å². The molecule has 0 bridgehead atoms. The topological polar surface area (TPSA) is 78.9 Å². The van der Waals surface area contributed by atoms with Gasteiger partial charge in [-0.1, -0.05) is 18.2 Å². The van der Waals surface area contributed by atoms with E-state index in [2.05, 4.69) is 9.88 Å². The summed E-state index contributed by atoms with van der Waals surface area (Å²) in [5.74, 6) is 1.14. The van der Waals surface area contributed by atoms with Crippen molar-refractivity contribution in [1.29, 1.82) is 0 Å². The van der Waals surface area contributed by atoms with Crippen LogP contribution in [0.5, 0.6) is 5.75 Å². The third-order valence-corrected chi connectivity index (χ3v) is 6.45. The molecule has 1 unspecified atom stereocenters. The first-order valence-corrected chi connectivity index (χ1v) is 11.2. The number of nitrogens with zero attached hydrogens (tertiary/aromatic N) is 5. The second kappa shape index (κ2) is 8.69. The molecule has 2 aromatic carbocycles. The lowest BCUT2D eigenvalue weighted by Crippen LogP contribution is -2.51. The van der Waals surface area contributed by atoms with E-state index in [1.54, 1.807) is 18.2 Å². The van der Waals surface area contributed by atoms with Gasteiger partial charge in [0.2, 0.25) is 11.8 Å². The summed E-state index contributed by atoms with van der Waals surface area (Å²) in [7, 11) is 1.59. The van der Waals surface area contributed by atoms with Crippen LogP contribution in [-0.2, 0) is 9.59 Å². The SMILES string of the molecule is COc1ccc(C)cc1N1CC(C(=O)N2CCN(c3cnc4ccccc4n3)CC2)CC1=O. The summed E-state index contributed by atoms with van der Waals surface area (Å²) in [6.07, 6.45) is 2.02. The Hall–Kier alpha value is -3.68. The number of para-hydroxylation sites is 2. The van der Waals surface area contributed by atoms with Gasteiger partial charge in [0, 0.05) is 39.1 Å². The molecule has 5 rings (SSSR count). The molecule has 0 N–H and O–H groups in total. The summed E-state index contributed by atoms with van der Waals surface area (Å²) in [4.78, 5) is 40.9. The van der Waals surface area contributed by atoms with E-state index in [4.69, 9.17) is 9.72 Å². The van der Waals surface area contributed by atoms with E-state index in [9.17, 15) is 9.59 Å². The molecule has 0 spiro atoms. The summed E-state index contributed by atoms with van der Waals surface area (Å²) >= 11 is 0. The standard InChI is InChI=1S/C25H27N5O3/c1-17-7-8-22(33-2)21(13-17)30-16-18(14-24(30)31)25(32)29-11-9-28(10-12-29)23-15-26-19-5-3-4-6-20(19)27-23/h3-8,13,15,18H,9-12,14,16H2,1-2H3. The second-order valence-electron chi connectivity index (χ2n) is 8.61. The number of aromatic nitrogens is 2. The van der Waals surface area contributed by atoms with E-state index in [0.717, 1.165) is 28.1 Å². The molecular formula is C25H27N5O3. The fourth-order valence-electron chi connectivity index (χ4n) is 4.63. The highest BCUT2D eigenvalue weighted by Gasteiger charge is 2.39. The Morgan fingerprint density at radius 2 is 1.82 bits per heavy atom. The number of aryl methyl sites for hydroxylation is 1. The Balaban J connectivity index is 1.24. The maximum Gasteiger partial charge on any atom is 0.228 e. The van der Waals surface area contributed by atoms with Gasteiger partial charge in [-0.25, -0.2) is 4.98 Å². The minimum Gasteiger partial charge on any atom is -0.495 e. The van der Waals surface area contributed by atoms with Crippen LogP contribution in [-0.4, -0.2) is 66.5 Å². The average molecular weight is 446 g/mol. The number of carbonyl (C=O) groups excluding carboxylic acids is 2. The molecule has 1 aromatic heterocycles. The molecule has 3 aromatic rings. The number of anilines is 2. The van der Waals surface area contributed by atoms with Gasteiger partial charge < -0.3 is 19.4 Å². The van der Waals surface area contributed by atoms with Crippen molar-refractivity contribution in [2.75, 3.05) is 49.6 Å². The molecule has 0 saturated carbocycles. The number of amides is 2. The van der Waals surface area contributed by atoms with Crippen molar-refractivity contribution in [3.8, 4) is 5.75 Å². The first kappa shape index (κ1) is 21.2. The summed E-state index contributed by atoms with van der Waals surface area (Å²) in [5, 5.41) is 0. The maximum atomic E-state index is 13.2. The van der Waals surface area contributed by atoms with Crippen molar-refractivity contribution < 1.29 is 14.3 Å². The highest BCUT2D eigenvalue weighted by Crippen LogP contribution is 2.34. The van der Waals surface area contributed by atoms with Crippen molar-refractivity contribution >= 4 is 34.4 Å². The Kier molecular flexibility index (Phi) is 5.58. The van der Waals surface area contributed by atoms with Gasteiger partial charge in [-0.3, -0.25) is 14.6 Å². The van der Waals surface area contributed by atoms with Crippen molar-refractivity contribution in [3.63, 3.8) is 0 Å². The van der Waals surface area contributed by atoms with Gasteiger partial charge in [0.1, 0.15) is 11.6 Å². The molecule has 2 amide bonds. The van der Waals surface area contributed by atoms with Crippen molar-refractivity contribution in [2.45, 2.75) is 13.3 Å². The number of piperazine rings is 1. The zero-order valence-corrected chi connectivity index (χ0v) is 18.9. The van der Waals surface area contributed by atoms with E-state index < -0.39 is 0 Å². The molecule has 33 heavy (non-hydrogen) atoms. The van der Waals surface area contributed by atoms with Crippen LogP contribution in [0.25, 0.3) is 11.0 Å². The number of methoxy groups -OCH3 is 1. The van der Waals surface area contributed by atoms with Crippen LogP contribution < -0.4 is 14.5 Å². The zero-order valence-electron chi connectivity index (χ0n) is 18.9. The van der Waals surface area contributed by atoms with Crippen LogP contribution in [0, 0.1) is 12.8 Å². The number of benzene rings is 2. The van der Waals surface area contributed by atoms with Gasteiger partial charge in [0.15, 0.2) is 0 Å². The molecule has 2 fully saturated rings. The molecule has 170 valence electrons. The molecule has 8 nitrogen and oxygen atoms in total. The molecule has 2 saturated heterocycles. The lowest BCUT2D eigenvalue weighted by molar-refractivity contribution is -0.136. The zero-order chi connectivity index (χ0) is 22.9. The molecule has 0 radical (unpaired) electrons. The van der Waals surface area contributed by atoms with Crippen LogP contribution in [0.1, 0.15) is 12.0 Å². The Bertz CT molecular complexity index is 1210. The Labute approximate surface area is 192 Å². The monoisotopic (exact) mass is 445 g/mol. The molecule has 3 heterocycles. The third kappa shape index (κ3) is 4.08. The lowest BCUT2D eigenvalue weighted by atomic mass is 10.1. The number of hydrogen-bond acceptors (Lipinski definition) is 6. The quantitative estimate of drug-likeness (QED) is 0.614. The van der Waals surface area contributed by atoms with Crippen molar-refractivity contribution in [1.82, 2.24) is 14.9 Å². The van der Waals surface area contributed by atoms with Gasteiger partial charge in [-0.15, -0.1) is 0 Å². The minimum absolute atomic E-state index is 0.0395. The maximum absolute atomic E-state index is 13.2. The van der Waals surface area contributed by atoms with Crippen LogP contribution in [0.3, 0.4) is 0 Å². The van der Waals surface area contributed by atoms with Crippen LogP contribution in [0.4, 0.5) is 11.5 Å². The van der Waals surface area contributed by atoms with E-state index in [-0.39, 0.29) is 24.2 Å². The number of fused-ring (bicyclic) bond motifs is 1. The van der Waals surface area contributed by atoms with E-state index >= 15 is 0 Å². The third-order valence-electron chi connectivity index (χ3n) is 6.45. The average Bonchev–Trinajstić information content (AvgIpc) is 3.24. The van der Waals surface area contributed by atoms with E-state index in [1.807, 2.05) is 54.3 Å². The van der Waals surface area contributed by atoms with E-state index in [0.29, 0.717) is 38.5 Å². The van der Waals surface area contributed by atoms with Crippen molar-refractivity contribution in [3.05, 3.63) is 54.2 Å². The minimum atomic E-state index is -0.338. The summed E-state index contributed by atoms with van der Waals surface area (Å²) in [6, 6.07) is 13.6. The molecule has 8 heteroatoms. The van der Waals surface area contributed by atoms with Gasteiger partial charge >= 0.3 is 0 Å². The van der Waals surface area contributed by atoms with Crippen molar-refractivity contribution in [2.24, 2.45) is 5.92 Å². The summed E-state index contributed by atoms with van der Waals surface area (Å²) < 4.78 is 5.45.